The highest BCUT2D eigenvalue weighted by Crippen LogP contribution is 2.18. The summed E-state index contributed by atoms with van der Waals surface area (Å²) in [5.74, 6) is -1.04. The van der Waals surface area contributed by atoms with Gasteiger partial charge in [-0.05, 0) is 23.8 Å². The molecule has 0 aliphatic rings. The van der Waals surface area contributed by atoms with Crippen molar-refractivity contribution < 1.29 is 9.90 Å². The highest BCUT2D eigenvalue weighted by Gasteiger charge is 1.98. The molecular formula is C10H6ClNO2. The number of rotatable bonds is 2. The Balaban J connectivity index is 3.02. The molecule has 0 saturated heterocycles. The number of halogens is 1. The lowest BCUT2D eigenvalue weighted by atomic mass is 10.1. The van der Waals surface area contributed by atoms with Crippen LogP contribution in [-0.4, -0.2) is 11.1 Å². The number of carboxylic acid groups (broad SMARTS) is 1. The SMILES string of the molecule is N#Cc1ccc(/C=C/C(=O)O)c(Cl)c1. The molecule has 14 heavy (non-hydrogen) atoms. The van der Waals surface area contributed by atoms with Gasteiger partial charge in [-0.15, -0.1) is 0 Å². The quantitative estimate of drug-likeness (QED) is 0.757. The molecule has 0 heterocycles. The van der Waals surface area contributed by atoms with Crippen molar-refractivity contribution in [3.05, 3.63) is 40.4 Å². The fourth-order valence-corrected chi connectivity index (χ4v) is 1.14. The van der Waals surface area contributed by atoms with Crippen LogP contribution >= 0.6 is 11.6 Å². The fourth-order valence-electron chi connectivity index (χ4n) is 0.893. The number of hydrogen-bond donors (Lipinski definition) is 1. The molecule has 0 bridgehead atoms. The van der Waals surface area contributed by atoms with Crippen molar-refractivity contribution in [1.29, 1.82) is 5.26 Å². The van der Waals surface area contributed by atoms with Crippen molar-refractivity contribution in [1.82, 2.24) is 0 Å². The van der Waals surface area contributed by atoms with Crippen LogP contribution in [0.2, 0.25) is 5.02 Å². The van der Waals surface area contributed by atoms with Crippen LogP contribution in [0.5, 0.6) is 0 Å². The monoisotopic (exact) mass is 207 g/mol. The van der Waals surface area contributed by atoms with Crippen molar-refractivity contribution in [3.8, 4) is 6.07 Å². The van der Waals surface area contributed by atoms with Gasteiger partial charge in [0.05, 0.1) is 11.6 Å². The number of nitriles is 1. The van der Waals surface area contributed by atoms with E-state index >= 15 is 0 Å². The summed E-state index contributed by atoms with van der Waals surface area (Å²) in [5.41, 5.74) is 1.02. The molecule has 0 atom stereocenters. The summed E-state index contributed by atoms with van der Waals surface area (Å²) in [6.07, 6.45) is 2.37. The van der Waals surface area contributed by atoms with Crippen LogP contribution in [0.4, 0.5) is 0 Å². The number of aliphatic carboxylic acids is 1. The number of nitrogens with zero attached hydrogens (tertiary/aromatic N) is 1. The summed E-state index contributed by atoms with van der Waals surface area (Å²) in [4.78, 5) is 10.2. The zero-order chi connectivity index (χ0) is 10.6. The summed E-state index contributed by atoms with van der Waals surface area (Å²) < 4.78 is 0. The number of carbonyl (C=O) groups is 1. The van der Waals surface area contributed by atoms with Crippen LogP contribution in [0, 0.1) is 11.3 Å². The molecule has 0 aromatic heterocycles. The number of carboxylic acids is 1. The Morgan fingerprint density at radius 2 is 2.29 bits per heavy atom. The largest absolute Gasteiger partial charge is 0.478 e. The first-order valence-corrected chi connectivity index (χ1v) is 4.12. The van der Waals surface area contributed by atoms with Crippen molar-refractivity contribution in [2.45, 2.75) is 0 Å². The van der Waals surface area contributed by atoms with Crippen molar-refractivity contribution in [2.75, 3.05) is 0 Å². The van der Waals surface area contributed by atoms with Gasteiger partial charge in [0.1, 0.15) is 0 Å². The third-order valence-electron chi connectivity index (χ3n) is 1.54. The predicted molar refractivity (Wildman–Crippen MR) is 52.8 cm³/mol. The molecule has 0 amide bonds. The zero-order valence-corrected chi connectivity index (χ0v) is 7.82. The molecule has 1 aromatic carbocycles. The van der Waals surface area contributed by atoms with Crippen molar-refractivity contribution in [2.24, 2.45) is 0 Å². The molecular weight excluding hydrogens is 202 g/mol. The lowest BCUT2D eigenvalue weighted by molar-refractivity contribution is -0.131. The van der Waals surface area contributed by atoms with Crippen LogP contribution < -0.4 is 0 Å². The highest BCUT2D eigenvalue weighted by molar-refractivity contribution is 6.32. The minimum Gasteiger partial charge on any atom is -0.478 e. The Bertz CT molecular complexity index is 432. The van der Waals surface area contributed by atoms with Crippen LogP contribution in [0.15, 0.2) is 24.3 Å². The summed E-state index contributed by atoms with van der Waals surface area (Å²) in [5, 5.41) is 17.3. The zero-order valence-electron chi connectivity index (χ0n) is 7.07. The Morgan fingerprint density at radius 1 is 1.57 bits per heavy atom. The Labute approximate surface area is 85.9 Å². The van der Waals surface area contributed by atoms with Gasteiger partial charge < -0.3 is 5.11 Å². The van der Waals surface area contributed by atoms with Gasteiger partial charge in [0, 0.05) is 11.1 Å². The average molecular weight is 208 g/mol. The second-order valence-electron chi connectivity index (χ2n) is 2.52. The van der Waals surface area contributed by atoms with E-state index in [1.54, 1.807) is 12.1 Å². The minimum absolute atomic E-state index is 0.363. The van der Waals surface area contributed by atoms with E-state index in [0.717, 1.165) is 6.08 Å². The minimum atomic E-state index is -1.04. The maximum absolute atomic E-state index is 10.2. The molecule has 0 radical (unpaired) electrons. The molecule has 0 aliphatic carbocycles. The van der Waals surface area contributed by atoms with E-state index in [-0.39, 0.29) is 0 Å². The van der Waals surface area contributed by atoms with Gasteiger partial charge in [-0.1, -0.05) is 17.7 Å². The first-order valence-electron chi connectivity index (χ1n) is 3.74. The maximum Gasteiger partial charge on any atom is 0.328 e. The van der Waals surface area contributed by atoms with Gasteiger partial charge in [-0.3, -0.25) is 0 Å². The van der Waals surface area contributed by atoms with E-state index in [0.29, 0.717) is 16.1 Å². The summed E-state index contributed by atoms with van der Waals surface area (Å²) in [6.45, 7) is 0. The van der Waals surface area contributed by atoms with Gasteiger partial charge in [-0.25, -0.2) is 4.79 Å². The second-order valence-corrected chi connectivity index (χ2v) is 2.93. The Kier molecular flexibility index (Phi) is 3.27. The third kappa shape index (κ3) is 2.61. The van der Waals surface area contributed by atoms with Gasteiger partial charge >= 0.3 is 5.97 Å². The van der Waals surface area contributed by atoms with E-state index in [1.807, 2.05) is 6.07 Å². The topological polar surface area (TPSA) is 61.1 Å². The molecule has 70 valence electrons. The average Bonchev–Trinajstić information content (AvgIpc) is 2.15. The van der Waals surface area contributed by atoms with Crippen LogP contribution in [-0.2, 0) is 4.79 Å². The highest BCUT2D eigenvalue weighted by atomic mass is 35.5. The molecule has 1 aromatic rings. The molecule has 3 nitrogen and oxygen atoms in total. The molecule has 0 saturated carbocycles. The molecule has 0 aliphatic heterocycles. The standard InChI is InChI=1S/C10H6ClNO2/c11-9-5-7(6-12)1-2-8(9)3-4-10(13)14/h1-5H,(H,13,14)/b4-3+. The molecule has 1 rings (SSSR count). The summed E-state index contributed by atoms with van der Waals surface area (Å²) in [6, 6.07) is 6.60. The van der Waals surface area contributed by atoms with E-state index in [2.05, 4.69) is 0 Å². The van der Waals surface area contributed by atoms with Gasteiger partial charge in [0.2, 0.25) is 0 Å². The predicted octanol–water partition coefficient (Wildman–Crippen LogP) is 2.31. The van der Waals surface area contributed by atoms with E-state index < -0.39 is 5.97 Å². The van der Waals surface area contributed by atoms with E-state index in [1.165, 1.54) is 12.1 Å². The number of hydrogen-bond acceptors (Lipinski definition) is 2. The van der Waals surface area contributed by atoms with Crippen molar-refractivity contribution >= 4 is 23.6 Å². The molecule has 0 unspecified atom stereocenters. The molecule has 1 N–H and O–H groups in total. The normalized spacial score (nSPS) is 10.0. The lowest BCUT2D eigenvalue weighted by Gasteiger charge is -1.97. The lowest BCUT2D eigenvalue weighted by Crippen LogP contribution is -1.86. The summed E-state index contributed by atoms with van der Waals surface area (Å²) in [7, 11) is 0. The fraction of sp³-hybridized carbons (Fsp3) is 0. The van der Waals surface area contributed by atoms with E-state index in [9.17, 15) is 4.79 Å². The summed E-state index contributed by atoms with van der Waals surface area (Å²) >= 11 is 5.80. The third-order valence-corrected chi connectivity index (χ3v) is 1.86. The first-order chi connectivity index (χ1) is 6.63. The van der Waals surface area contributed by atoms with Crippen LogP contribution in [0.25, 0.3) is 6.08 Å². The second kappa shape index (κ2) is 4.45. The van der Waals surface area contributed by atoms with Crippen molar-refractivity contribution in [3.63, 3.8) is 0 Å². The molecule has 0 fully saturated rings. The Morgan fingerprint density at radius 3 is 2.79 bits per heavy atom. The van der Waals surface area contributed by atoms with Gasteiger partial charge in [0.25, 0.3) is 0 Å². The number of benzene rings is 1. The van der Waals surface area contributed by atoms with Crippen LogP contribution in [0.3, 0.4) is 0 Å². The van der Waals surface area contributed by atoms with Crippen LogP contribution in [0.1, 0.15) is 11.1 Å². The molecule has 0 spiro atoms. The molecule has 4 heteroatoms. The first kappa shape index (κ1) is 10.3. The van der Waals surface area contributed by atoms with E-state index in [4.69, 9.17) is 22.0 Å². The Hall–Kier alpha value is -1.79. The van der Waals surface area contributed by atoms with Gasteiger partial charge in [0.15, 0.2) is 0 Å². The maximum atomic E-state index is 10.2. The smallest absolute Gasteiger partial charge is 0.328 e. The van der Waals surface area contributed by atoms with Gasteiger partial charge in [-0.2, -0.15) is 5.26 Å².